The molecule has 0 radical (unpaired) electrons. The van der Waals surface area contributed by atoms with E-state index in [1.165, 1.54) is 69.8 Å². The first-order valence-electron chi connectivity index (χ1n) is 11.5. The van der Waals surface area contributed by atoms with Crippen LogP contribution >= 0.6 is 0 Å². The molecule has 0 saturated heterocycles. The Kier molecular flexibility index (Phi) is 13.2. The summed E-state index contributed by atoms with van der Waals surface area (Å²) in [4.78, 5) is 0. The fourth-order valence-electron chi connectivity index (χ4n) is 3.24. The average Bonchev–Trinajstić information content (AvgIpc) is 3.16. The van der Waals surface area contributed by atoms with E-state index in [2.05, 4.69) is 65.1 Å². The van der Waals surface area contributed by atoms with Gasteiger partial charge in [0.05, 0.1) is 6.54 Å². The third-order valence-corrected chi connectivity index (χ3v) is 5.10. The van der Waals surface area contributed by atoms with Gasteiger partial charge in [-0.1, -0.05) is 88.6 Å². The number of halogens is 6. The molecule has 0 spiro atoms. The summed E-state index contributed by atoms with van der Waals surface area (Å²) in [5.41, 5.74) is 1.36. The summed E-state index contributed by atoms with van der Waals surface area (Å²) in [6.07, 6.45) is 14.6. The first kappa shape index (κ1) is 28.1. The molecule has 2 aromatic rings. The minimum Gasteiger partial charge on any atom is -0.443 e. The molecule has 0 unspecified atom stereocenters. The molecule has 182 valence electrons. The van der Waals surface area contributed by atoms with Gasteiger partial charge < -0.3 is 12.9 Å². The Bertz CT molecular complexity index is 701. The van der Waals surface area contributed by atoms with Gasteiger partial charge in [-0.3, -0.25) is 0 Å². The smallest absolute Gasteiger partial charge is 0.443 e. The van der Waals surface area contributed by atoms with E-state index in [0.29, 0.717) is 0 Å². The van der Waals surface area contributed by atoms with Crippen molar-refractivity contribution in [2.75, 3.05) is 0 Å². The highest BCUT2D eigenvalue weighted by atomic mass is 19.4. The summed E-state index contributed by atoms with van der Waals surface area (Å²) in [5.74, 6) is 0. The Morgan fingerprint density at radius 1 is 0.812 bits per heavy atom. The summed E-state index contributed by atoms with van der Waals surface area (Å²) in [6, 6.07) is 10.7. The molecular formula is C23H35BF6N2. The van der Waals surface area contributed by atoms with Gasteiger partial charge in [0.15, 0.2) is 0 Å². The molecular weight excluding hydrogens is 429 g/mol. The number of rotatable bonds is 13. The molecule has 0 aliphatic rings. The Morgan fingerprint density at radius 2 is 1.31 bits per heavy atom. The monoisotopic (exact) mass is 464 g/mol. The molecule has 0 aliphatic heterocycles. The fraction of sp³-hybridized carbons (Fsp3) is 0.609. The van der Waals surface area contributed by atoms with E-state index < -0.39 is 13.1 Å². The van der Waals surface area contributed by atoms with Crippen molar-refractivity contribution in [2.45, 2.75) is 90.3 Å². The molecule has 0 bridgehead atoms. The third kappa shape index (κ3) is 12.8. The van der Waals surface area contributed by atoms with E-state index in [1.807, 2.05) is 0 Å². The Morgan fingerprint density at radius 3 is 1.81 bits per heavy atom. The van der Waals surface area contributed by atoms with E-state index in [1.54, 1.807) is 0 Å². The predicted octanol–water partition coefficient (Wildman–Crippen LogP) is 7.68. The summed E-state index contributed by atoms with van der Waals surface area (Å²) >= 11 is 0. The lowest BCUT2D eigenvalue weighted by atomic mass is 9.92. The quantitative estimate of drug-likeness (QED) is 0.124. The van der Waals surface area contributed by atoms with Crippen molar-refractivity contribution < 1.29 is 30.7 Å². The largest absolute Gasteiger partial charge is 0.583 e. The molecule has 1 aromatic heterocycles. The average molecular weight is 464 g/mol. The molecule has 0 amide bonds. The molecule has 1 aromatic carbocycles. The van der Waals surface area contributed by atoms with Crippen molar-refractivity contribution >= 4 is 6.98 Å². The molecule has 1 heterocycles. The fourth-order valence-corrected chi connectivity index (χ4v) is 3.24. The number of benzene rings is 1. The van der Waals surface area contributed by atoms with Gasteiger partial charge in [0.2, 0.25) is 6.33 Å². The lowest BCUT2D eigenvalue weighted by Crippen LogP contribution is -2.37. The number of unbranched alkanes of at least 4 members (excludes halogenated alkanes) is 9. The van der Waals surface area contributed by atoms with Gasteiger partial charge in [-0.2, -0.15) is 0 Å². The summed E-state index contributed by atoms with van der Waals surface area (Å²) in [7, 11) is 0. The zero-order valence-corrected chi connectivity index (χ0v) is 18.8. The van der Waals surface area contributed by atoms with E-state index in [9.17, 15) is 26.1 Å². The van der Waals surface area contributed by atoms with Gasteiger partial charge in [0.25, 0.3) is 0 Å². The van der Waals surface area contributed by atoms with E-state index in [4.69, 9.17) is 0 Å². The summed E-state index contributed by atoms with van der Waals surface area (Å²) in [5, 5.41) is 0. The number of aryl methyl sites for hydroxylation is 1. The van der Waals surface area contributed by atoms with Crippen molar-refractivity contribution in [2.24, 2.45) is 0 Å². The highest BCUT2D eigenvalue weighted by molar-refractivity contribution is 6.60. The van der Waals surface area contributed by atoms with Crippen LogP contribution in [0.5, 0.6) is 0 Å². The van der Waals surface area contributed by atoms with Crippen molar-refractivity contribution in [1.29, 1.82) is 0 Å². The lowest BCUT2D eigenvalue weighted by Gasteiger charge is -2.16. The first-order chi connectivity index (χ1) is 15.1. The van der Waals surface area contributed by atoms with Crippen LogP contribution in [-0.2, 0) is 13.1 Å². The first-order valence-corrected chi connectivity index (χ1v) is 11.5. The lowest BCUT2D eigenvalue weighted by molar-refractivity contribution is -0.687. The number of hydrogen-bond acceptors (Lipinski definition) is 0. The highest BCUT2D eigenvalue weighted by Gasteiger charge is 2.53. The van der Waals surface area contributed by atoms with Crippen LogP contribution in [0.2, 0.25) is 0 Å². The predicted molar refractivity (Wildman–Crippen MR) is 117 cm³/mol. The van der Waals surface area contributed by atoms with Gasteiger partial charge in [-0.15, -0.1) is 0 Å². The van der Waals surface area contributed by atoms with Crippen LogP contribution in [-0.4, -0.2) is 17.6 Å². The zero-order valence-electron chi connectivity index (χ0n) is 18.8. The van der Waals surface area contributed by atoms with Crippen molar-refractivity contribution in [3.8, 4) is 0 Å². The maximum absolute atomic E-state index is 10.5. The van der Waals surface area contributed by atoms with Gasteiger partial charge >= 0.3 is 13.1 Å². The molecule has 0 fully saturated rings. The molecule has 0 aliphatic carbocycles. The van der Waals surface area contributed by atoms with E-state index >= 15 is 0 Å². The number of nitrogens with zero attached hydrogens (tertiary/aromatic N) is 2. The molecule has 9 heteroatoms. The van der Waals surface area contributed by atoms with Crippen molar-refractivity contribution in [3.05, 3.63) is 54.6 Å². The minimum absolute atomic E-state index is 0.964. The topological polar surface area (TPSA) is 8.81 Å². The molecule has 0 N–H and O–H groups in total. The van der Waals surface area contributed by atoms with Crippen LogP contribution in [0, 0.1) is 0 Å². The second kappa shape index (κ2) is 15.0. The molecule has 0 atom stereocenters. The Hall–Kier alpha value is -1.93. The van der Waals surface area contributed by atoms with Gasteiger partial charge in [-0.25, -0.2) is 22.3 Å². The van der Waals surface area contributed by atoms with Gasteiger partial charge in [0, 0.05) is 0 Å². The van der Waals surface area contributed by atoms with Crippen LogP contribution in [0.4, 0.5) is 26.1 Å². The second-order valence-corrected chi connectivity index (χ2v) is 8.11. The minimum atomic E-state index is -6.65. The molecule has 2 rings (SSSR count). The molecule has 0 saturated carbocycles. The van der Waals surface area contributed by atoms with Crippen LogP contribution in [0.25, 0.3) is 0 Å². The van der Waals surface area contributed by atoms with Crippen molar-refractivity contribution in [3.63, 3.8) is 0 Å². The Labute approximate surface area is 187 Å². The van der Waals surface area contributed by atoms with E-state index in [-0.39, 0.29) is 0 Å². The van der Waals surface area contributed by atoms with Crippen LogP contribution < -0.4 is 4.57 Å². The number of alkyl halides is 3. The normalized spacial score (nSPS) is 11.8. The van der Waals surface area contributed by atoms with Crippen LogP contribution in [0.3, 0.4) is 0 Å². The van der Waals surface area contributed by atoms with E-state index in [0.717, 1.165) is 13.1 Å². The highest BCUT2D eigenvalue weighted by Crippen LogP contribution is 2.31. The summed E-state index contributed by atoms with van der Waals surface area (Å²) in [6.45, 7) is -2.24. The number of aromatic nitrogens is 2. The third-order valence-electron chi connectivity index (χ3n) is 5.10. The summed E-state index contributed by atoms with van der Waals surface area (Å²) < 4.78 is 67.5. The SMILES string of the molecule is CCCCCCCCCCCCn1cc[n+](Cc2ccccc2)c1.F[B-](F)(F)C(F)(F)F. The number of imidazole rings is 1. The van der Waals surface area contributed by atoms with Crippen LogP contribution in [0.15, 0.2) is 49.1 Å². The maximum atomic E-state index is 10.5. The Balaban J connectivity index is 0.000000547. The molecule has 2 nitrogen and oxygen atoms in total. The standard InChI is InChI=1S/C22H35N2.CBF6/c1-2-3-4-5-6-7-8-9-10-14-17-23-18-19-24(21-23)20-22-15-12-11-13-16-22;3-1(4,5)2(6,7)8/h11-13,15-16,18-19,21H,2-10,14,17,20H2,1H3;/q+1;-1. The number of hydrogen-bond donors (Lipinski definition) is 0. The van der Waals surface area contributed by atoms with Gasteiger partial charge in [0.1, 0.15) is 18.9 Å². The maximum Gasteiger partial charge on any atom is 0.583 e. The van der Waals surface area contributed by atoms with Gasteiger partial charge in [-0.05, 0) is 18.4 Å². The second-order valence-electron chi connectivity index (χ2n) is 8.11. The van der Waals surface area contributed by atoms with Crippen molar-refractivity contribution in [1.82, 2.24) is 4.57 Å². The molecule has 32 heavy (non-hydrogen) atoms. The van der Waals surface area contributed by atoms with Crippen LogP contribution in [0.1, 0.15) is 76.7 Å². The zero-order chi connectivity index (χ0) is 23.9.